The lowest BCUT2D eigenvalue weighted by Crippen LogP contribution is -2.35. The predicted molar refractivity (Wildman–Crippen MR) is 72.3 cm³/mol. The number of hydrogen-bond acceptors (Lipinski definition) is 2. The minimum absolute atomic E-state index is 0.115. The molecule has 2 N–H and O–H groups in total. The summed E-state index contributed by atoms with van der Waals surface area (Å²) in [4.78, 5) is 11.5. The predicted octanol–water partition coefficient (Wildman–Crippen LogP) is 2.43. The monoisotopic (exact) mass is 250 g/mol. The first kappa shape index (κ1) is 14.5. The highest BCUT2D eigenvalue weighted by atomic mass is 16.5. The van der Waals surface area contributed by atoms with Crippen molar-refractivity contribution in [3.8, 4) is 0 Å². The average Bonchev–Trinajstić information content (AvgIpc) is 2.38. The van der Waals surface area contributed by atoms with Crippen molar-refractivity contribution < 1.29 is 9.53 Å². The molecule has 0 fully saturated rings. The maximum atomic E-state index is 11.5. The molecule has 1 aromatic rings. The summed E-state index contributed by atoms with van der Waals surface area (Å²) in [6, 6.07) is 7.83. The van der Waals surface area contributed by atoms with Crippen molar-refractivity contribution in [1.82, 2.24) is 10.6 Å². The van der Waals surface area contributed by atoms with Crippen LogP contribution in [-0.2, 0) is 17.9 Å². The summed E-state index contributed by atoms with van der Waals surface area (Å²) in [6.07, 6.45) is 2.09. The molecule has 0 radical (unpaired) electrons. The van der Waals surface area contributed by atoms with Crippen LogP contribution in [0.2, 0.25) is 0 Å². The van der Waals surface area contributed by atoms with Crippen LogP contribution in [0, 0.1) is 0 Å². The van der Waals surface area contributed by atoms with Crippen LogP contribution in [0.3, 0.4) is 0 Å². The van der Waals surface area contributed by atoms with E-state index in [2.05, 4.69) is 17.6 Å². The van der Waals surface area contributed by atoms with E-state index in [1.54, 1.807) is 7.11 Å². The third kappa shape index (κ3) is 5.19. The largest absolute Gasteiger partial charge is 0.380 e. The van der Waals surface area contributed by atoms with Gasteiger partial charge in [0, 0.05) is 20.2 Å². The molecule has 0 atom stereocenters. The van der Waals surface area contributed by atoms with Crippen LogP contribution in [0.15, 0.2) is 24.3 Å². The van der Waals surface area contributed by atoms with Crippen LogP contribution in [0.5, 0.6) is 0 Å². The number of benzene rings is 1. The van der Waals surface area contributed by atoms with Gasteiger partial charge < -0.3 is 15.4 Å². The topological polar surface area (TPSA) is 50.4 Å². The fourth-order valence-electron chi connectivity index (χ4n) is 1.64. The molecule has 1 aromatic carbocycles. The SMILES string of the molecule is CCCCNC(=O)NCc1ccccc1COC. The first-order chi connectivity index (χ1) is 8.77. The fourth-order valence-corrected chi connectivity index (χ4v) is 1.64. The Bertz CT molecular complexity index is 367. The number of urea groups is 1. The van der Waals surface area contributed by atoms with Crippen LogP contribution in [0.25, 0.3) is 0 Å². The third-order valence-electron chi connectivity index (χ3n) is 2.67. The van der Waals surface area contributed by atoms with Gasteiger partial charge in [0.2, 0.25) is 0 Å². The van der Waals surface area contributed by atoms with Crippen molar-refractivity contribution in [3.63, 3.8) is 0 Å². The van der Waals surface area contributed by atoms with E-state index in [0.717, 1.165) is 30.5 Å². The zero-order valence-electron chi connectivity index (χ0n) is 11.2. The van der Waals surface area contributed by atoms with E-state index in [1.165, 1.54) is 0 Å². The highest BCUT2D eigenvalue weighted by molar-refractivity contribution is 5.73. The maximum Gasteiger partial charge on any atom is 0.315 e. The van der Waals surface area contributed by atoms with Gasteiger partial charge in [0.05, 0.1) is 6.61 Å². The zero-order valence-corrected chi connectivity index (χ0v) is 11.2. The van der Waals surface area contributed by atoms with E-state index in [4.69, 9.17) is 4.74 Å². The van der Waals surface area contributed by atoms with Crippen molar-refractivity contribution in [2.45, 2.75) is 32.9 Å². The molecule has 18 heavy (non-hydrogen) atoms. The molecule has 0 saturated carbocycles. The van der Waals surface area contributed by atoms with Gasteiger partial charge >= 0.3 is 6.03 Å². The van der Waals surface area contributed by atoms with Crippen molar-refractivity contribution >= 4 is 6.03 Å². The van der Waals surface area contributed by atoms with Gasteiger partial charge in [-0.25, -0.2) is 4.79 Å². The summed E-state index contributed by atoms with van der Waals surface area (Å²) in [6.45, 7) is 3.91. The number of carbonyl (C=O) groups excluding carboxylic acids is 1. The molecular formula is C14H22N2O2. The Morgan fingerprint density at radius 3 is 2.61 bits per heavy atom. The van der Waals surface area contributed by atoms with Gasteiger partial charge in [0.1, 0.15) is 0 Å². The number of carbonyl (C=O) groups is 1. The van der Waals surface area contributed by atoms with E-state index in [0.29, 0.717) is 13.2 Å². The summed E-state index contributed by atoms with van der Waals surface area (Å²) < 4.78 is 5.13. The smallest absolute Gasteiger partial charge is 0.315 e. The highest BCUT2D eigenvalue weighted by Crippen LogP contribution is 2.09. The number of ether oxygens (including phenoxy) is 1. The molecule has 0 aliphatic heterocycles. The van der Waals surface area contributed by atoms with Crippen molar-refractivity contribution in [2.24, 2.45) is 0 Å². The lowest BCUT2D eigenvalue weighted by atomic mass is 10.1. The normalized spacial score (nSPS) is 10.1. The Morgan fingerprint density at radius 1 is 1.22 bits per heavy atom. The lowest BCUT2D eigenvalue weighted by Gasteiger charge is -2.10. The lowest BCUT2D eigenvalue weighted by molar-refractivity contribution is 0.184. The maximum absolute atomic E-state index is 11.5. The molecule has 4 heteroatoms. The van der Waals surface area contributed by atoms with Gasteiger partial charge in [-0.3, -0.25) is 0 Å². The quantitative estimate of drug-likeness (QED) is 0.730. The highest BCUT2D eigenvalue weighted by Gasteiger charge is 2.03. The Hall–Kier alpha value is -1.55. The van der Waals surface area contributed by atoms with Crippen LogP contribution < -0.4 is 10.6 Å². The molecule has 0 spiro atoms. The summed E-state index contributed by atoms with van der Waals surface area (Å²) in [5.74, 6) is 0. The Kier molecular flexibility index (Phi) is 6.87. The molecule has 0 heterocycles. The molecule has 0 unspecified atom stereocenters. The minimum Gasteiger partial charge on any atom is -0.380 e. The van der Waals surface area contributed by atoms with E-state index in [1.807, 2.05) is 24.3 Å². The Labute approximate surface area is 109 Å². The first-order valence-corrected chi connectivity index (χ1v) is 6.35. The zero-order chi connectivity index (χ0) is 13.2. The molecule has 0 saturated heterocycles. The molecule has 0 aliphatic carbocycles. The van der Waals surface area contributed by atoms with Gasteiger partial charge in [0.15, 0.2) is 0 Å². The number of nitrogens with one attached hydrogen (secondary N) is 2. The van der Waals surface area contributed by atoms with Gasteiger partial charge in [-0.15, -0.1) is 0 Å². The Morgan fingerprint density at radius 2 is 1.94 bits per heavy atom. The van der Waals surface area contributed by atoms with Gasteiger partial charge in [-0.05, 0) is 17.5 Å². The third-order valence-corrected chi connectivity index (χ3v) is 2.67. The molecule has 0 bridgehead atoms. The van der Waals surface area contributed by atoms with E-state index < -0.39 is 0 Å². The van der Waals surface area contributed by atoms with Crippen LogP contribution in [-0.4, -0.2) is 19.7 Å². The molecule has 100 valence electrons. The molecular weight excluding hydrogens is 228 g/mol. The summed E-state index contributed by atoms with van der Waals surface area (Å²) in [5, 5.41) is 5.68. The summed E-state index contributed by atoms with van der Waals surface area (Å²) in [7, 11) is 1.67. The van der Waals surface area contributed by atoms with Gasteiger partial charge in [-0.2, -0.15) is 0 Å². The molecule has 1 rings (SSSR count). The van der Waals surface area contributed by atoms with Crippen LogP contribution in [0.1, 0.15) is 30.9 Å². The number of methoxy groups -OCH3 is 1. The Balaban J connectivity index is 2.40. The summed E-state index contributed by atoms with van der Waals surface area (Å²) in [5.41, 5.74) is 2.19. The number of hydrogen-bond donors (Lipinski definition) is 2. The van der Waals surface area contributed by atoms with Gasteiger partial charge in [0.25, 0.3) is 0 Å². The second-order valence-electron chi connectivity index (χ2n) is 4.16. The van der Waals surface area contributed by atoms with E-state index in [9.17, 15) is 4.79 Å². The number of unbranched alkanes of at least 4 members (excludes halogenated alkanes) is 1. The molecule has 0 aromatic heterocycles. The second-order valence-corrected chi connectivity index (χ2v) is 4.16. The summed E-state index contributed by atoms with van der Waals surface area (Å²) >= 11 is 0. The number of amides is 2. The van der Waals surface area contributed by atoms with Gasteiger partial charge in [-0.1, -0.05) is 37.6 Å². The number of rotatable bonds is 7. The minimum atomic E-state index is -0.115. The first-order valence-electron chi connectivity index (χ1n) is 6.35. The van der Waals surface area contributed by atoms with Crippen LogP contribution in [0.4, 0.5) is 4.79 Å². The molecule has 2 amide bonds. The van der Waals surface area contributed by atoms with Crippen molar-refractivity contribution in [1.29, 1.82) is 0 Å². The van der Waals surface area contributed by atoms with E-state index >= 15 is 0 Å². The van der Waals surface area contributed by atoms with Crippen molar-refractivity contribution in [3.05, 3.63) is 35.4 Å². The standard InChI is InChI=1S/C14H22N2O2/c1-3-4-9-15-14(17)16-10-12-7-5-6-8-13(12)11-18-2/h5-8H,3-4,9-11H2,1-2H3,(H2,15,16,17). The fraction of sp³-hybridized carbons (Fsp3) is 0.500. The van der Waals surface area contributed by atoms with E-state index in [-0.39, 0.29) is 6.03 Å². The van der Waals surface area contributed by atoms with Crippen LogP contribution >= 0.6 is 0 Å². The second kappa shape index (κ2) is 8.53. The average molecular weight is 250 g/mol. The van der Waals surface area contributed by atoms with Crippen molar-refractivity contribution in [2.75, 3.05) is 13.7 Å². The molecule has 0 aliphatic rings. The molecule has 4 nitrogen and oxygen atoms in total.